The first kappa shape index (κ1) is 11.3. The van der Waals surface area contributed by atoms with E-state index in [1.165, 1.54) is 6.92 Å². The van der Waals surface area contributed by atoms with Crippen molar-refractivity contribution in [1.82, 2.24) is 0 Å². The summed E-state index contributed by atoms with van der Waals surface area (Å²) in [7, 11) is 0. The van der Waals surface area contributed by atoms with Crippen molar-refractivity contribution < 1.29 is 4.92 Å². The number of hydrogen-bond acceptors (Lipinski definition) is 4. The molecule has 0 aliphatic rings. The van der Waals surface area contributed by atoms with Gasteiger partial charge in [-0.05, 0) is 12.0 Å². The fourth-order valence-electron chi connectivity index (χ4n) is 1.20. The van der Waals surface area contributed by atoms with Crippen LogP contribution in [0.4, 0.5) is 0 Å². The Hall–Kier alpha value is -1.78. The molecule has 1 atom stereocenters. The van der Waals surface area contributed by atoms with E-state index in [1.807, 2.05) is 30.3 Å². The Morgan fingerprint density at radius 3 is 2.47 bits per heavy atom. The van der Waals surface area contributed by atoms with Crippen LogP contribution in [0.15, 0.2) is 35.5 Å². The molecule has 1 aromatic carbocycles. The summed E-state index contributed by atoms with van der Waals surface area (Å²) in [5.41, 5.74) is -0.746. The molecular weight excluding hydrogens is 196 g/mol. The number of benzene rings is 1. The second-order valence-electron chi connectivity index (χ2n) is 3.55. The van der Waals surface area contributed by atoms with E-state index < -0.39 is 10.6 Å². The second kappa shape index (κ2) is 4.63. The number of nitrogens with zero attached hydrogens (tertiary/aromatic N) is 2. The van der Waals surface area contributed by atoms with Crippen molar-refractivity contribution in [3.05, 3.63) is 50.9 Å². The number of nitroso groups, excluding NO2 is 1. The standard InChI is InChI=1S/C10H12N2O3/c1-10(11-13,12(14)15)8-7-9-5-3-2-4-6-9/h2-6H,7-8H2,1H3. The van der Waals surface area contributed by atoms with Gasteiger partial charge in [0, 0.05) is 18.5 Å². The predicted molar refractivity (Wildman–Crippen MR) is 56.0 cm³/mol. The van der Waals surface area contributed by atoms with Crippen LogP contribution in [0.5, 0.6) is 0 Å². The Morgan fingerprint density at radius 2 is 2.00 bits per heavy atom. The lowest BCUT2D eigenvalue weighted by molar-refractivity contribution is -0.564. The van der Waals surface area contributed by atoms with Gasteiger partial charge in [0.1, 0.15) is 0 Å². The summed E-state index contributed by atoms with van der Waals surface area (Å²) in [6.45, 7) is 1.24. The molecule has 5 heteroatoms. The zero-order chi connectivity index (χ0) is 11.3. The molecule has 0 fully saturated rings. The molecule has 0 aromatic heterocycles. The average Bonchev–Trinajstić information content (AvgIpc) is 2.27. The zero-order valence-corrected chi connectivity index (χ0v) is 8.42. The van der Waals surface area contributed by atoms with Crippen LogP contribution in [-0.4, -0.2) is 10.6 Å². The lowest BCUT2D eigenvalue weighted by Gasteiger charge is -2.11. The fraction of sp³-hybridized carbons (Fsp3) is 0.400. The molecule has 0 amide bonds. The normalized spacial score (nSPS) is 14.2. The van der Waals surface area contributed by atoms with E-state index in [1.54, 1.807) is 0 Å². The van der Waals surface area contributed by atoms with E-state index >= 15 is 0 Å². The summed E-state index contributed by atoms with van der Waals surface area (Å²) in [4.78, 5) is 20.3. The van der Waals surface area contributed by atoms with Gasteiger partial charge in [0.15, 0.2) is 0 Å². The highest BCUT2D eigenvalue weighted by Crippen LogP contribution is 2.18. The lowest BCUT2D eigenvalue weighted by Crippen LogP contribution is -2.32. The van der Waals surface area contributed by atoms with Crippen molar-refractivity contribution in [2.24, 2.45) is 5.18 Å². The summed E-state index contributed by atoms with van der Waals surface area (Å²) >= 11 is 0. The Morgan fingerprint density at radius 1 is 1.40 bits per heavy atom. The summed E-state index contributed by atoms with van der Waals surface area (Å²) in [6.07, 6.45) is 0.595. The van der Waals surface area contributed by atoms with Gasteiger partial charge in [0.25, 0.3) is 0 Å². The molecule has 0 aliphatic carbocycles. The highest BCUT2D eigenvalue weighted by atomic mass is 16.6. The third-order valence-corrected chi connectivity index (χ3v) is 2.32. The van der Waals surface area contributed by atoms with Crippen LogP contribution >= 0.6 is 0 Å². The molecule has 0 N–H and O–H groups in total. The third kappa shape index (κ3) is 2.83. The monoisotopic (exact) mass is 208 g/mol. The van der Waals surface area contributed by atoms with Crippen molar-refractivity contribution >= 4 is 0 Å². The van der Waals surface area contributed by atoms with Gasteiger partial charge in [-0.3, -0.25) is 10.1 Å². The summed E-state index contributed by atoms with van der Waals surface area (Å²) in [6, 6.07) is 9.31. The average molecular weight is 208 g/mol. The van der Waals surface area contributed by atoms with Crippen LogP contribution in [0.2, 0.25) is 0 Å². The van der Waals surface area contributed by atoms with Crippen molar-refractivity contribution in [3.63, 3.8) is 0 Å². The van der Waals surface area contributed by atoms with E-state index in [0.717, 1.165) is 5.56 Å². The van der Waals surface area contributed by atoms with Gasteiger partial charge in [0.05, 0.1) is 4.92 Å². The van der Waals surface area contributed by atoms with Gasteiger partial charge in [-0.25, -0.2) is 0 Å². The Kier molecular flexibility index (Phi) is 3.49. The van der Waals surface area contributed by atoms with Crippen LogP contribution in [0.25, 0.3) is 0 Å². The van der Waals surface area contributed by atoms with Crippen molar-refractivity contribution in [2.45, 2.75) is 25.4 Å². The van der Waals surface area contributed by atoms with Gasteiger partial charge in [-0.2, -0.15) is 0 Å². The van der Waals surface area contributed by atoms with E-state index in [0.29, 0.717) is 6.42 Å². The third-order valence-electron chi connectivity index (χ3n) is 2.32. The Bertz CT molecular complexity index is 353. The van der Waals surface area contributed by atoms with Gasteiger partial charge >= 0.3 is 5.66 Å². The Balaban J connectivity index is 2.63. The topological polar surface area (TPSA) is 72.6 Å². The van der Waals surface area contributed by atoms with Gasteiger partial charge in [0.2, 0.25) is 0 Å². The van der Waals surface area contributed by atoms with Crippen molar-refractivity contribution in [1.29, 1.82) is 0 Å². The van der Waals surface area contributed by atoms with E-state index in [-0.39, 0.29) is 6.42 Å². The van der Waals surface area contributed by atoms with Crippen LogP contribution < -0.4 is 0 Å². The largest absolute Gasteiger partial charge is 0.346 e. The van der Waals surface area contributed by atoms with Crippen LogP contribution in [0.3, 0.4) is 0 Å². The highest BCUT2D eigenvalue weighted by Gasteiger charge is 2.38. The van der Waals surface area contributed by atoms with Gasteiger partial charge in [-0.15, -0.1) is 4.91 Å². The molecule has 1 aromatic rings. The maximum Gasteiger partial charge on any atom is 0.346 e. The SMILES string of the molecule is CC(CCc1ccccc1)(N=O)[N+](=O)[O-]. The minimum absolute atomic E-state index is 0.119. The smallest absolute Gasteiger partial charge is 0.262 e. The molecule has 0 saturated carbocycles. The van der Waals surface area contributed by atoms with Crippen LogP contribution in [0, 0.1) is 15.0 Å². The summed E-state index contributed by atoms with van der Waals surface area (Å²) < 4.78 is 0. The number of nitro groups is 1. The second-order valence-corrected chi connectivity index (χ2v) is 3.55. The van der Waals surface area contributed by atoms with Crippen LogP contribution in [-0.2, 0) is 6.42 Å². The van der Waals surface area contributed by atoms with E-state index in [9.17, 15) is 15.0 Å². The zero-order valence-electron chi connectivity index (χ0n) is 8.42. The first-order valence-corrected chi connectivity index (χ1v) is 4.61. The molecular formula is C10H12N2O3. The maximum absolute atomic E-state index is 10.6. The quantitative estimate of drug-likeness (QED) is 0.423. The summed E-state index contributed by atoms with van der Waals surface area (Å²) in [5, 5.41) is 13.2. The van der Waals surface area contributed by atoms with Crippen molar-refractivity contribution in [2.75, 3.05) is 0 Å². The molecule has 1 rings (SSSR count). The molecule has 5 nitrogen and oxygen atoms in total. The maximum atomic E-state index is 10.6. The molecule has 15 heavy (non-hydrogen) atoms. The molecule has 0 heterocycles. The first-order chi connectivity index (χ1) is 7.08. The minimum atomic E-state index is -1.71. The van der Waals surface area contributed by atoms with Gasteiger partial charge in [-0.1, -0.05) is 30.3 Å². The van der Waals surface area contributed by atoms with E-state index in [4.69, 9.17) is 0 Å². The number of aryl methyl sites for hydroxylation is 1. The molecule has 0 bridgehead atoms. The fourth-order valence-corrected chi connectivity index (χ4v) is 1.20. The molecule has 0 radical (unpaired) electrons. The number of hydrogen-bond donors (Lipinski definition) is 0. The molecule has 1 unspecified atom stereocenters. The molecule has 0 aliphatic heterocycles. The predicted octanol–water partition coefficient (Wildman–Crippen LogP) is 2.38. The minimum Gasteiger partial charge on any atom is -0.262 e. The lowest BCUT2D eigenvalue weighted by atomic mass is 10.0. The molecule has 80 valence electrons. The Labute approximate surface area is 87.2 Å². The van der Waals surface area contributed by atoms with Crippen molar-refractivity contribution in [3.8, 4) is 0 Å². The number of rotatable bonds is 5. The van der Waals surface area contributed by atoms with Crippen LogP contribution in [0.1, 0.15) is 18.9 Å². The van der Waals surface area contributed by atoms with Gasteiger partial charge < -0.3 is 0 Å². The molecule has 0 saturated heterocycles. The summed E-state index contributed by atoms with van der Waals surface area (Å²) in [5.74, 6) is 0. The molecule has 0 spiro atoms. The van der Waals surface area contributed by atoms with E-state index in [2.05, 4.69) is 5.18 Å². The first-order valence-electron chi connectivity index (χ1n) is 4.61. The highest BCUT2D eigenvalue weighted by molar-refractivity contribution is 5.14.